The molecule has 0 spiro atoms. The van der Waals surface area contributed by atoms with Gasteiger partial charge in [0.25, 0.3) is 0 Å². The zero-order valence-electron chi connectivity index (χ0n) is 15.7. The van der Waals surface area contributed by atoms with Gasteiger partial charge in [-0.3, -0.25) is 4.79 Å². The van der Waals surface area contributed by atoms with Crippen molar-refractivity contribution in [1.82, 2.24) is 5.32 Å². The number of nitrogens with one attached hydrogen (secondary N) is 1. The molecule has 148 valence electrons. The summed E-state index contributed by atoms with van der Waals surface area (Å²) in [5.74, 6) is 1.60. The highest BCUT2D eigenvalue weighted by atomic mass is 16.7. The maximum absolute atomic E-state index is 12.6. The molecule has 1 unspecified atom stereocenters. The molecule has 28 heavy (non-hydrogen) atoms. The molecule has 1 aliphatic carbocycles. The zero-order chi connectivity index (χ0) is 19.3. The summed E-state index contributed by atoms with van der Waals surface area (Å²) in [6.07, 6.45) is 3.57. The van der Waals surface area contributed by atoms with Crippen molar-refractivity contribution in [3.8, 4) is 17.2 Å². The van der Waals surface area contributed by atoms with Crippen molar-refractivity contribution in [2.45, 2.75) is 43.7 Å². The van der Waals surface area contributed by atoms with Gasteiger partial charge in [-0.05, 0) is 43.4 Å². The molecule has 0 radical (unpaired) electrons. The zero-order valence-corrected chi connectivity index (χ0v) is 15.7. The van der Waals surface area contributed by atoms with E-state index in [-0.39, 0.29) is 31.5 Å². The van der Waals surface area contributed by atoms with Crippen LogP contribution < -0.4 is 19.5 Å². The Kier molecular flexibility index (Phi) is 5.67. The van der Waals surface area contributed by atoms with Crippen LogP contribution in [0.15, 0.2) is 48.5 Å². The Morgan fingerprint density at radius 3 is 2.57 bits per heavy atom. The molecular formula is C22H25NO5. The SMILES string of the molecule is O=C(NC1CCC(Oc2ccc3c(c2)OCO3)CC1)C(CO)c1ccccc1. The molecule has 2 aliphatic rings. The van der Waals surface area contributed by atoms with E-state index in [1.165, 1.54) is 0 Å². The van der Waals surface area contributed by atoms with Gasteiger partial charge in [-0.25, -0.2) is 0 Å². The third kappa shape index (κ3) is 4.22. The lowest BCUT2D eigenvalue weighted by molar-refractivity contribution is -0.124. The Balaban J connectivity index is 1.27. The molecule has 1 fully saturated rings. The minimum Gasteiger partial charge on any atom is -0.490 e. The van der Waals surface area contributed by atoms with E-state index >= 15 is 0 Å². The van der Waals surface area contributed by atoms with Crippen molar-refractivity contribution in [3.63, 3.8) is 0 Å². The third-order valence-electron chi connectivity index (χ3n) is 5.37. The van der Waals surface area contributed by atoms with Gasteiger partial charge in [-0.1, -0.05) is 30.3 Å². The number of rotatable bonds is 6. The number of amides is 1. The fourth-order valence-corrected chi connectivity index (χ4v) is 3.79. The first-order chi connectivity index (χ1) is 13.7. The van der Waals surface area contributed by atoms with Gasteiger partial charge in [0.15, 0.2) is 11.5 Å². The molecular weight excluding hydrogens is 358 g/mol. The smallest absolute Gasteiger partial charge is 0.231 e. The Hall–Kier alpha value is -2.73. The normalized spacial score (nSPS) is 21.8. The van der Waals surface area contributed by atoms with E-state index < -0.39 is 5.92 Å². The van der Waals surface area contributed by atoms with Crippen LogP contribution >= 0.6 is 0 Å². The van der Waals surface area contributed by atoms with Crippen LogP contribution in [0.5, 0.6) is 17.2 Å². The minimum atomic E-state index is -0.524. The Morgan fingerprint density at radius 2 is 1.82 bits per heavy atom. The minimum absolute atomic E-state index is 0.113. The topological polar surface area (TPSA) is 77.0 Å². The van der Waals surface area contributed by atoms with Crippen molar-refractivity contribution in [3.05, 3.63) is 54.1 Å². The van der Waals surface area contributed by atoms with Gasteiger partial charge < -0.3 is 24.6 Å². The maximum atomic E-state index is 12.6. The number of hydrogen-bond donors (Lipinski definition) is 2. The second kappa shape index (κ2) is 8.52. The van der Waals surface area contributed by atoms with E-state index in [0.29, 0.717) is 0 Å². The van der Waals surface area contributed by atoms with Gasteiger partial charge in [0.2, 0.25) is 12.7 Å². The third-order valence-corrected chi connectivity index (χ3v) is 5.37. The molecule has 2 N–H and O–H groups in total. The van der Waals surface area contributed by atoms with Crippen molar-refractivity contribution in [1.29, 1.82) is 0 Å². The van der Waals surface area contributed by atoms with Crippen molar-refractivity contribution < 1.29 is 24.1 Å². The highest BCUT2D eigenvalue weighted by Crippen LogP contribution is 2.36. The molecule has 0 saturated heterocycles. The Labute approximate surface area is 164 Å². The molecule has 1 heterocycles. The van der Waals surface area contributed by atoms with Crippen LogP contribution in [0.1, 0.15) is 37.2 Å². The highest BCUT2D eigenvalue weighted by molar-refractivity contribution is 5.84. The number of aliphatic hydroxyl groups is 1. The van der Waals surface area contributed by atoms with Gasteiger partial charge in [0, 0.05) is 12.1 Å². The number of fused-ring (bicyclic) bond motifs is 1. The molecule has 0 aromatic heterocycles. The predicted molar refractivity (Wildman–Crippen MR) is 104 cm³/mol. The number of benzene rings is 2. The summed E-state index contributed by atoms with van der Waals surface area (Å²) in [4.78, 5) is 12.6. The Bertz CT molecular complexity index is 802. The first-order valence-corrected chi connectivity index (χ1v) is 9.75. The standard InChI is InChI=1S/C22H25NO5/c24-13-19(15-4-2-1-3-5-15)22(25)23-16-6-8-17(9-7-16)28-18-10-11-20-21(12-18)27-14-26-20/h1-5,10-12,16-17,19,24H,6-9,13-14H2,(H,23,25). The van der Waals surface area contributed by atoms with Gasteiger partial charge in [0.1, 0.15) is 5.75 Å². The summed E-state index contributed by atoms with van der Waals surface area (Å²) < 4.78 is 16.8. The second-order valence-corrected chi connectivity index (χ2v) is 7.26. The summed E-state index contributed by atoms with van der Waals surface area (Å²) in [6, 6.07) is 15.1. The van der Waals surface area contributed by atoms with Crippen LogP contribution in [-0.4, -0.2) is 36.6 Å². The van der Waals surface area contributed by atoms with Crippen molar-refractivity contribution in [2.75, 3.05) is 13.4 Å². The van der Waals surface area contributed by atoms with Crippen molar-refractivity contribution in [2.24, 2.45) is 0 Å². The average Bonchev–Trinajstić information content (AvgIpc) is 3.19. The van der Waals surface area contributed by atoms with E-state index in [0.717, 1.165) is 48.5 Å². The van der Waals surface area contributed by atoms with Crippen molar-refractivity contribution >= 4 is 5.91 Å². The molecule has 2 aromatic rings. The molecule has 0 bridgehead atoms. The molecule has 4 rings (SSSR count). The van der Waals surface area contributed by atoms with E-state index in [1.807, 2.05) is 48.5 Å². The van der Waals surface area contributed by atoms with Gasteiger partial charge in [-0.2, -0.15) is 0 Å². The van der Waals surface area contributed by atoms with E-state index in [9.17, 15) is 9.90 Å². The monoisotopic (exact) mass is 383 g/mol. The first-order valence-electron chi connectivity index (χ1n) is 9.75. The van der Waals surface area contributed by atoms with Crippen LogP contribution in [0.4, 0.5) is 0 Å². The fraction of sp³-hybridized carbons (Fsp3) is 0.409. The summed E-state index contributed by atoms with van der Waals surface area (Å²) in [7, 11) is 0. The molecule has 6 nitrogen and oxygen atoms in total. The molecule has 1 amide bonds. The lowest BCUT2D eigenvalue weighted by atomic mass is 9.91. The van der Waals surface area contributed by atoms with E-state index in [2.05, 4.69) is 5.32 Å². The lowest BCUT2D eigenvalue weighted by Gasteiger charge is -2.30. The number of ether oxygens (including phenoxy) is 3. The maximum Gasteiger partial charge on any atom is 0.231 e. The van der Waals surface area contributed by atoms with Crippen LogP contribution in [0.25, 0.3) is 0 Å². The molecule has 1 atom stereocenters. The van der Waals surface area contributed by atoms with E-state index in [1.54, 1.807) is 0 Å². The number of carbonyl (C=O) groups is 1. The van der Waals surface area contributed by atoms with Crippen LogP contribution in [0.2, 0.25) is 0 Å². The summed E-state index contributed by atoms with van der Waals surface area (Å²) in [6.45, 7) is 0.0554. The van der Waals surface area contributed by atoms with Gasteiger partial charge >= 0.3 is 0 Å². The number of hydrogen-bond acceptors (Lipinski definition) is 5. The highest BCUT2D eigenvalue weighted by Gasteiger charge is 2.27. The predicted octanol–water partition coefficient (Wildman–Crippen LogP) is 3.00. The van der Waals surface area contributed by atoms with Crippen LogP contribution in [-0.2, 0) is 4.79 Å². The Morgan fingerprint density at radius 1 is 1.07 bits per heavy atom. The van der Waals surface area contributed by atoms with Gasteiger partial charge in [0.05, 0.1) is 18.6 Å². The lowest BCUT2D eigenvalue weighted by Crippen LogP contribution is -2.42. The molecule has 6 heteroatoms. The molecule has 1 aliphatic heterocycles. The molecule has 1 saturated carbocycles. The van der Waals surface area contributed by atoms with E-state index in [4.69, 9.17) is 14.2 Å². The second-order valence-electron chi connectivity index (χ2n) is 7.26. The average molecular weight is 383 g/mol. The summed E-state index contributed by atoms with van der Waals surface area (Å²) in [5, 5.41) is 12.7. The quantitative estimate of drug-likeness (QED) is 0.802. The van der Waals surface area contributed by atoms with Crippen LogP contribution in [0.3, 0.4) is 0 Å². The first kappa shape index (κ1) is 18.6. The largest absolute Gasteiger partial charge is 0.490 e. The summed E-state index contributed by atoms with van der Waals surface area (Å²) >= 11 is 0. The number of aliphatic hydroxyl groups excluding tert-OH is 1. The fourth-order valence-electron chi connectivity index (χ4n) is 3.79. The summed E-state index contributed by atoms with van der Waals surface area (Å²) in [5.41, 5.74) is 0.835. The van der Waals surface area contributed by atoms with Gasteiger partial charge in [-0.15, -0.1) is 0 Å². The molecule has 2 aromatic carbocycles. The van der Waals surface area contributed by atoms with Crippen LogP contribution in [0, 0.1) is 0 Å². The number of carbonyl (C=O) groups excluding carboxylic acids is 1.